The molecule has 0 aliphatic rings. The minimum absolute atomic E-state index is 0.0107. The van der Waals surface area contributed by atoms with Crippen molar-refractivity contribution in [3.63, 3.8) is 0 Å². The number of hydrogen-bond acceptors (Lipinski definition) is 4. The smallest absolute Gasteiger partial charge is 0.200 e. The van der Waals surface area contributed by atoms with Crippen LogP contribution in [0.15, 0.2) is 71.7 Å². The van der Waals surface area contributed by atoms with Crippen LogP contribution in [0.3, 0.4) is 0 Å². The molecule has 7 heteroatoms. The van der Waals surface area contributed by atoms with Gasteiger partial charge < -0.3 is 14.0 Å². The van der Waals surface area contributed by atoms with E-state index < -0.39 is 11.2 Å². The topological polar surface area (TPSA) is 57.5 Å². The van der Waals surface area contributed by atoms with Gasteiger partial charge in [0.2, 0.25) is 5.43 Å². The Morgan fingerprint density at radius 1 is 1.00 bits per heavy atom. The van der Waals surface area contributed by atoms with Crippen LogP contribution < -0.4 is 14.9 Å². The number of rotatable bonds is 6. The summed E-state index contributed by atoms with van der Waals surface area (Å²) in [5, 5.41) is 0.777. The lowest BCUT2D eigenvalue weighted by atomic mass is 10.0. The molecule has 1 aromatic heterocycles. The highest BCUT2D eigenvalue weighted by Gasteiger charge is 2.19. The summed E-state index contributed by atoms with van der Waals surface area (Å²) in [6.07, 6.45) is 1.50. The lowest BCUT2D eigenvalue weighted by Gasteiger charge is -2.16. The fourth-order valence-corrected chi connectivity index (χ4v) is 3.72. The molecule has 4 aromatic rings. The molecule has 0 saturated heterocycles. The fraction of sp³-hybridized carbons (Fsp3) is 0.120. The van der Waals surface area contributed by atoms with Crippen LogP contribution in [0, 0.1) is 5.82 Å². The van der Waals surface area contributed by atoms with Gasteiger partial charge in [0.1, 0.15) is 5.82 Å². The summed E-state index contributed by atoms with van der Waals surface area (Å²) in [5.74, 6) is -0.00410. The number of hydrogen-bond donors (Lipinski definition) is 0. The van der Waals surface area contributed by atoms with Crippen molar-refractivity contribution in [3.05, 3.63) is 105 Å². The lowest BCUT2D eigenvalue weighted by Crippen LogP contribution is -2.20. The van der Waals surface area contributed by atoms with E-state index in [1.165, 1.54) is 32.5 Å². The van der Waals surface area contributed by atoms with E-state index in [4.69, 9.17) is 21.1 Å². The summed E-state index contributed by atoms with van der Waals surface area (Å²) in [6, 6.07) is 15.7. The van der Waals surface area contributed by atoms with E-state index in [1.54, 1.807) is 53.1 Å². The molecule has 32 heavy (non-hydrogen) atoms. The van der Waals surface area contributed by atoms with Crippen molar-refractivity contribution in [2.45, 2.75) is 6.54 Å². The molecule has 0 radical (unpaired) electrons. The summed E-state index contributed by atoms with van der Waals surface area (Å²) < 4.78 is 26.2. The number of carbonyl (C=O) groups is 1. The predicted octanol–water partition coefficient (Wildman–Crippen LogP) is 5.09. The Morgan fingerprint density at radius 2 is 1.69 bits per heavy atom. The van der Waals surface area contributed by atoms with Gasteiger partial charge in [-0.2, -0.15) is 0 Å². The zero-order valence-corrected chi connectivity index (χ0v) is 18.2. The highest BCUT2D eigenvalue weighted by atomic mass is 35.5. The van der Waals surface area contributed by atoms with E-state index in [0.717, 1.165) is 0 Å². The molecule has 0 fully saturated rings. The Balaban J connectivity index is 1.96. The van der Waals surface area contributed by atoms with Crippen LogP contribution in [-0.4, -0.2) is 24.6 Å². The van der Waals surface area contributed by atoms with Crippen LogP contribution in [0.2, 0.25) is 5.02 Å². The number of aromatic nitrogens is 1. The van der Waals surface area contributed by atoms with Gasteiger partial charge in [-0.15, -0.1) is 0 Å². The van der Waals surface area contributed by atoms with Gasteiger partial charge in [-0.1, -0.05) is 23.7 Å². The van der Waals surface area contributed by atoms with E-state index in [0.29, 0.717) is 38.6 Å². The molecule has 0 bridgehead atoms. The van der Waals surface area contributed by atoms with Crippen LogP contribution in [-0.2, 0) is 6.54 Å². The molecule has 3 aromatic carbocycles. The second-order valence-corrected chi connectivity index (χ2v) is 7.63. The zero-order valence-electron chi connectivity index (χ0n) is 17.4. The number of halogens is 2. The van der Waals surface area contributed by atoms with E-state index in [9.17, 15) is 14.0 Å². The summed E-state index contributed by atoms with van der Waals surface area (Å²) in [7, 11) is 2.97. The maximum Gasteiger partial charge on any atom is 0.200 e. The first kappa shape index (κ1) is 21.6. The van der Waals surface area contributed by atoms with E-state index in [-0.39, 0.29) is 17.9 Å². The van der Waals surface area contributed by atoms with Crippen molar-refractivity contribution in [2.24, 2.45) is 0 Å². The molecular formula is C25H19ClFNO4. The van der Waals surface area contributed by atoms with Gasteiger partial charge >= 0.3 is 0 Å². The van der Waals surface area contributed by atoms with Crippen LogP contribution in [0.25, 0.3) is 10.9 Å². The van der Waals surface area contributed by atoms with Crippen molar-refractivity contribution in [1.82, 2.24) is 4.57 Å². The molecule has 1 heterocycles. The van der Waals surface area contributed by atoms with Crippen LogP contribution in [0.5, 0.6) is 11.5 Å². The first-order valence-corrected chi connectivity index (χ1v) is 10.1. The Morgan fingerprint density at radius 3 is 2.34 bits per heavy atom. The first-order chi connectivity index (χ1) is 15.4. The lowest BCUT2D eigenvalue weighted by molar-refractivity contribution is 0.103. The van der Waals surface area contributed by atoms with Crippen molar-refractivity contribution < 1.29 is 18.7 Å². The number of benzene rings is 3. The Hall–Kier alpha value is -3.64. The highest BCUT2D eigenvalue weighted by Crippen LogP contribution is 2.31. The van der Waals surface area contributed by atoms with E-state index in [1.807, 2.05) is 0 Å². The molecule has 0 aliphatic heterocycles. The third kappa shape index (κ3) is 4.09. The van der Waals surface area contributed by atoms with Crippen LogP contribution in [0.1, 0.15) is 21.5 Å². The van der Waals surface area contributed by atoms with Crippen LogP contribution in [0.4, 0.5) is 4.39 Å². The zero-order chi connectivity index (χ0) is 22.8. The molecule has 0 N–H and O–H groups in total. The van der Waals surface area contributed by atoms with Gasteiger partial charge in [-0.3, -0.25) is 9.59 Å². The molecule has 0 atom stereocenters. The summed E-state index contributed by atoms with van der Waals surface area (Å²) in [6.45, 7) is 0.241. The molecule has 5 nitrogen and oxygen atoms in total. The summed E-state index contributed by atoms with van der Waals surface area (Å²) in [5.41, 5.74) is 1.10. The van der Waals surface area contributed by atoms with Gasteiger partial charge in [-0.25, -0.2) is 4.39 Å². The number of methoxy groups -OCH3 is 2. The number of carbonyl (C=O) groups excluding carboxylic acids is 1. The molecule has 162 valence electrons. The molecule has 0 spiro atoms. The highest BCUT2D eigenvalue weighted by molar-refractivity contribution is 6.30. The maximum atomic E-state index is 13.8. The van der Waals surface area contributed by atoms with E-state index >= 15 is 0 Å². The van der Waals surface area contributed by atoms with Gasteiger partial charge in [0.05, 0.1) is 30.7 Å². The monoisotopic (exact) mass is 451 g/mol. The Labute approximate surface area is 188 Å². The van der Waals surface area contributed by atoms with Crippen molar-refractivity contribution in [3.8, 4) is 11.5 Å². The minimum Gasteiger partial charge on any atom is -0.493 e. The van der Waals surface area contributed by atoms with Gasteiger partial charge in [0, 0.05) is 29.4 Å². The van der Waals surface area contributed by atoms with Gasteiger partial charge in [0.25, 0.3) is 0 Å². The van der Waals surface area contributed by atoms with Crippen molar-refractivity contribution in [2.75, 3.05) is 14.2 Å². The molecule has 0 unspecified atom stereocenters. The first-order valence-electron chi connectivity index (χ1n) is 9.75. The van der Waals surface area contributed by atoms with Crippen molar-refractivity contribution in [1.29, 1.82) is 0 Å². The summed E-state index contributed by atoms with van der Waals surface area (Å²) >= 11 is 5.93. The van der Waals surface area contributed by atoms with Crippen LogP contribution >= 0.6 is 11.6 Å². The average Bonchev–Trinajstić information content (AvgIpc) is 2.80. The number of ether oxygens (including phenoxy) is 2. The quantitative estimate of drug-likeness (QED) is 0.383. The number of fused-ring (bicyclic) bond motifs is 1. The number of pyridine rings is 1. The van der Waals surface area contributed by atoms with Gasteiger partial charge in [0.15, 0.2) is 17.3 Å². The number of ketones is 1. The SMILES string of the molecule is COc1cc2c(=O)c(C(=O)c3ccc(Cl)cc3)cn(Cc3cccc(F)c3)c2cc1OC. The third-order valence-electron chi connectivity index (χ3n) is 5.18. The largest absolute Gasteiger partial charge is 0.493 e. The second kappa shape index (κ2) is 8.85. The molecule has 4 rings (SSSR count). The van der Waals surface area contributed by atoms with Gasteiger partial charge in [-0.05, 0) is 48.0 Å². The standard InChI is InChI=1S/C25H19ClFNO4/c1-31-22-11-19-21(12-23(22)32-2)28(13-15-4-3-5-18(27)10-15)14-20(25(19)30)24(29)16-6-8-17(26)9-7-16/h3-12,14H,13H2,1-2H3. The predicted molar refractivity (Wildman–Crippen MR) is 122 cm³/mol. The molecule has 0 aliphatic carbocycles. The normalized spacial score (nSPS) is 10.9. The van der Waals surface area contributed by atoms with Crippen molar-refractivity contribution >= 4 is 28.3 Å². The Bertz CT molecular complexity index is 1380. The minimum atomic E-state index is -0.434. The fourth-order valence-electron chi connectivity index (χ4n) is 3.60. The number of nitrogens with zero attached hydrogens (tertiary/aromatic N) is 1. The van der Waals surface area contributed by atoms with E-state index in [2.05, 4.69) is 0 Å². The second-order valence-electron chi connectivity index (χ2n) is 7.19. The Kier molecular flexibility index (Phi) is 5.97. The molecular weight excluding hydrogens is 433 g/mol. The third-order valence-corrected chi connectivity index (χ3v) is 5.43. The maximum absolute atomic E-state index is 13.8. The summed E-state index contributed by atoms with van der Waals surface area (Å²) in [4.78, 5) is 26.5. The molecule has 0 amide bonds. The average molecular weight is 452 g/mol. The molecule has 0 saturated carbocycles.